The molecule has 0 aromatic heterocycles. The van der Waals surface area contributed by atoms with Crippen LogP contribution in [0.2, 0.25) is 0 Å². The van der Waals surface area contributed by atoms with Crippen LogP contribution in [0, 0.1) is 0 Å². The Balaban J connectivity index is 1.16. The van der Waals surface area contributed by atoms with Gasteiger partial charge < -0.3 is 11.5 Å². The third kappa shape index (κ3) is 14.5. The van der Waals surface area contributed by atoms with Crippen molar-refractivity contribution in [2.24, 2.45) is 0 Å². The maximum Gasteiger partial charge on any atom is 0.0316 e. The molecule has 0 atom stereocenters. The number of unbranched alkanes of at least 4 members (excludes halogenated alkanes) is 12. The van der Waals surface area contributed by atoms with E-state index in [4.69, 9.17) is 11.5 Å². The summed E-state index contributed by atoms with van der Waals surface area (Å²) in [5.74, 6) is 0. The molecule has 0 amide bonds. The normalized spacial score (nSPS) is 11.3. The van der Waals surface area contributed by atoms with Crippen LogP contribution < -0.4 is 11.5 Å². The number of nitrogen functional groups attached to an aromatic ring is 2. The number of rotatable bonds is 24. The van der Waals surface area contributed by atoms with Crippen LogP contribution in [-0.2, 0) is 38.5 Å². The zero-order chi connectivity index (χ0) is 34.5. The van der Waals surface area contributed by atoms with E-state index < -0.39 is 0 Å². The molecule has 4 rings (SSSR count). The number of aryl methyl sites for hydroxylation is 4. The molecule has 0 aliphatic heterocycles. The smallest absolute Gasteiger partial charge is 0.0316 e. The van der Waals surface area contributed by atoms with E-state index in [0.29, 0.717) is 0 Å². The molecule has 4 N–H and O–H groups in total. The second-order valence-electron chi connectivity index (χ2n) is 14.6. The summed E-state index contributed by atoms with van der Waals surface area (Å²) in [5.41, 5.74) is 25.6. The molecule has 0 aliphatic rings. The molecule has 264 valence electrons. The SMILES string of the molecule is CCCCCCCCc1cc(N)ccc1Cc1ccc(CCCCCc2ccc(Cc3ccc(N)cc3CCCCCCCC)cc2)cc1. The van der Waals surface area contributed by atoms with Gasteiger partial charge in [-0.15, -0.1) is 0 Å². The number of benzene rings is 4. The Labute approximate surface area is 300 Å². The van der Waals surface area contributed by atoms with Crippen LogP contribution in [0.1, 0.15) is 155 Å². The van der Waals surface area contributed by atoms with Gasteiger partial charge in [0, 0.05) is 11.4 Å². The summed E-state index contributed by atoms with van der Waals surface area (Å²) < 4.78 is 0. The fraction of sp³-hybridized carbons (Fsp3) is 0.489. The summed E-state index contributed by atoms with van der Waals surface area (Å²) in [7, 11) is 0. The third-order valence-electron chi connectivity index (χ3n) is 10.3. The predicted octanol–water partition coefficient (Wildman–Crippen LogP) is 12.8. The Morgan fingerprint density at radius 3 is 1.06 bits per heavy atom. The second-order valence-corrected chi connectivity index (χ2v) is 14.6. The molecule has 0 aliphatic carbocycles. The van der Waals surface area contributed by atoms with Crippen LogP contribution in [0.5, 0.6) is 0 Å². The van der Waals surface area contributed by atoms with Crippen molar-refractivity contribution in [2.45, 2.75) is 149 Å². The minimum Gasteiger partial charge on any atom is -0.399 e. The fourth-order valence-corrected chi connectivity index (χ4v) is 7.22. The quantitative estimate of drug-likeness (QED) is 0.0581. The van der Waals surface area contributed by atoms with Gasteiger partial charge in [0.15, 0.2) is 0 Å². The first-order chi connectivity index (χ1) is 24.0. The third-order valence-corrected chi connectivity index (χ3v) is 10.3. The van der Waals surface area contributed by atoms with Crippen molar-refractivity contribution >= 4 is 11.4 Å². The van der Waals surface area contributed by atoms with Gasteiger partial charge in [0.05, 0.1) is 0 Å². The van der Waals surface area contributed by atoms with Crippen molar-refractivity contribution in [1.82, 2.24) is 0 Å². The molecule has 49 heavy (non-hydrogen) atoms. The first-order valence-electron chi connectivity index (χ1n) is 19.9. The lowest BCUT2D eigenvalue weighted by molar-refractivity contribution is 0.607. The Morgan fingerprint density at radius 2 is 0.653 bits per heavy atom. The average Bonchev–Trinajstić information content (AvgIpc) is 3.11. The molecule has 4 aromatic carbocycles. The molecular formula is C47H66N2. The molecule has 0 spiro atoms. The maximum absolute atomic E-state index is 6.17. The van der Waals surface area contributed by atoms with Crippen molar-refractivity contribution in [3.63, 3.8) is 0 Å². The molecule has 2 heteroatoms. The molecular weight excluding hydrogens is 593 g/mol. The van der Waals surface area contributed by atoms with E-state index in [1.54, 1.807) is 0 Å². The Morgan fingerprint density at radius 1 is 0.327 bits per heavy atom. The van der Waals surface area contributed by atoms with Crippen molar-refractivity contribution in [1.29, 1.82) is 0 Å². The maximum atomic E-state index is 6.17. The zero-order valence-corrected chi connectivity index (χ0v) is 31.1. The van der Waals surface area contributed by atoms with Gasteiger partial charge in [-0.1, -0.05) is 145 Å². The molecule has 0 fully saturated rings. The van der Waals surface area contributed by atoms with E-state index in [1.165, 1.54) is 141 Å². The number of anilines is 2. The standard InChI is InChI=1S/C47H66N2/c1-3-5-7-9-11-16-20-42-36-46(48)32-30-44(42)34-40-26-22-38(23-27-40)18-14-13-15-19-39-24-28-41(29-25-39)35-45-31-33-47(49)37-43(45)21-17-12-10-8-6-4-2/h22-33,36-37H,3-21,34-35,48-49H2,1-2H3. The molecule has 0 saturated heterocycles. The first kappa shape index (κ1) is 38.3. The van der Waals surface area contributed by atoms with Crippen molar-refractivity contribution in [3.05, 3.63) is 129 Å². The van der Waals surface area contributed by atoms with Crippen LogP contribution in [0.15, 0.2) is 84.9 Å². The predicted molar refractivity (Wildman–Crippen MR) is 216 cm³/mol. The van der Waals surface area contributed by atoms with Crippen molar-refractivity contribution in [3.8, 4) is 0 Å². The topological polar surface area (TPSA) is 52.0 Å². The molecule has 0 heterocycles. The molecule has 4 aromatic rings. The lowest BCUT2D eigenvalue weighted by atomic mass is 9.94. The highest BCUT2D eigenvalue weighted by atomic mass is 14.5. The van der Waals surface area contributed by atoms with Crippen LogP contribution >= 0.6 is 0 Å². The summed E-state index contributed by atoms with van der Waals surface area (Å²) in [6, 6.07) is 31.8. The van der Waals surface area contributed by atoms with Crippen LogP contribution in [0.25, 0.3) is 0 Å². The van der Waals surface area contributed by atoms with Gasteiger partial charge in [-0.2, -0.15) is 0 Å². The van der Waals surface area contributed by atoms with E-state index in [0.717, 1.165) is 49.9 Å². The van der Waals surface area contributed by atoms with Gasteiger partial charge in [-0.05, 0) is 133 Å². The molecule has 0 saturated carbocycles. The molecule has 0 radical (unpaired) electrons. The largest absolute Gasteiger partial charge is 0.399 e. The number of hydrogen-bond donors (Lipinski definition) is 2. The first-order valence-corrected chi connectivity index (χ1v) is 19.9. The molecule has 2 nitrogen and oxygen atoms in total. The van der Waals surface area contributed by atoms with Gasteiger partial charge in [0.2, 0.25) is 0 Å². The van der Waals surface area contributed by atoms with Crippen molar-refractivity contribution < 1.29 is 0 Å². The lowest BCUT2D eigenvalue weighted by Crippen LogP contribution is -1.99. The summed E-state index contributed by atoms with van der Waals surface area (Å²) in [4.78, 5) is 0. The van der Waals surface area contributed by atoms with Crippen LogP contribution in [-0.4, -0.2) is 0 Å². The Hall–Kier alpha value is -3.52. The molecule has 0 bridgehead atoms. The highest BCUT2D eigenvalue weighted by Gasteiger charge is 2.08. The summed E-state index contributed by atoms with van der Waals surface area (Å²) in [6.07, 6.45) is 26.3. The van der Waals surface area contributed by atoms with Gasteiger partial charge in [-0.3, -0.25) is 0 Å². The van der Waals surface area contributed by atoms with E-state index in [2.05, 4.69) is 98.8 Å². The van der Waals surface area contributed by atoms with E-state index in [-0.39, 0.29) is 0 Å². The Bertz CT molecular complexity index is 1350. The van der Waals surface area contributed by atoms with Crippen molar-refractivity contribution in [2.75, 3.05) is 11.5 Å². The van der Waals surface area contributed by atoms with Gasteiger partial charge >= 0.3 is 0 Å². The summed E-state index contributed by atoms with van der Waals surface area (Å²) >= 11 is 0. The van der Waals surface area contributed by atoms with E-state index in [1.807, 2.05) is 0 Å². The van der Waals surface area contributed by atoms with E-state index >= 15 is 0 Å². The van der Waals surface area contributed by atoms with Gasteiger partial charge in [-0.25, -0.2) is 0 Å². The fourth-order valence-electron chi connectivity index (χ4n) is 7.22. The Kier molecular flexibility index (Phi) is 17.4. The highest BCUT2D eigenvalue weighted by Crippen LogP contribution is 2.23. The molecule has 0 unspecified atom stereocenters. The minimum atomic E-state index is 0.888. The summed E-state index contributed by atoms with van der Waals surface area (Å²) in [5, 5.41) is 0. The second kappa shape index (κ2) is 22.2. The van der Waals surface area contributed by atoms with Crippen LogP contribution in [0.3, 0.4) is 0 Å². The number of hydrogen-bond acceptors (Lipinski definition) is 2. The highest BCUT2D eigenvalue weighted by molar-refractivity contribution is 5.47. The zero-order valence-electron chi connectivity index (χ0n) is 31.1. The summed E-state index contributed by atoms with van der Waals surface area (Å²) in [6.45, 7) is 4.56. The van der Waals surface area contributed by atoms with E-state index in [9.17, 15) is 0 Å². The van der Waals surface area contributed by atoms with Gasteiger partial charge in [0.1, 0.15) is 0 Å². The average molecular weight is 659 g/mol. The monoisotopic (exact) mass is 659 g/mol. The minimum absolute atomic E-state index is 0.888. The van der Waals surface area contributed by atoms with Crippen LogP contribution in [0.4, 0.5) is 11.4 Å². The van der Waals surface area contributed by atoms with Gasteiger partial charge in [0.25, 0.3) is 0 Å². The lowest BCUT2D eigenvalue weighted by Gasteiger charge is -2.12. The number of nitrogens with two attached hydrogens (primary N) is 2.